The maximum absolute atomic E-state index is 4.69. The molecule has 0 aliphatic rings. The SMILES string of the molecule is c1ccc(-c2nc(CCNCc3ccccn3)cs2)cc1. The van der Waals surface area contributed by atoms with Crippen LogP contribution in [0.2, 0.25) is 0 Å². The molecule has 2 heterocycles. The van der Waals surface area contributed by atoms with Crippen LogP contribution in [0.15, 0.2) is 60.1 Å². The Morgan fingerprint density at radius 1 is 0.952 bits per heavy atom. The molecule has 21 heavy (non-hydrogen) atoms. The average molecular weight is 295 g/mol. The lowest BCUT2D eigenvalue weighted by Crippen LogP contribution is -2.17. The molecular weight excluding hydrogens is 278 g/mol. The van der Waals surface area contributed by atoms with Crippen molar-refractivity contribution in [1.82, 2.24) is 15.3 Å². The van der Waals surface area contributed by atoms with Crippen molar-refractivity contribution in [3.8, 4) is 10.6 Å². The van der Waals surface area contributed by atoms with Gasteiger partial charge in [0, 0.05) is 36.7 Å². The monoisotopic (exact) mass is 295 g/mol. The largest absolute Gasteiger partial charge is 0.311 e. The van der Waals surface area contributed by atoms with Crippen LogP contribution >= 0.6 is 11.3 Å². The third kappa shape index (κ3) is 3.97. The lowest BCUT2D eigenvalue weighted by molar-refractivity contribution is 0.670. The minimum atomic E-state index is 0.802. The molecule has 0 saturated carbocycles. The summed E-state index contributed by atoms with van der Waals surface area (Å²) in [5.74, 6) is 0. The molecule has 3 nitrogen and oxygen atoms in total. The zero-order valence-corrected chi connectivity index (χ0v) is 12.5. The lowest BCUT2D eigenvalue weighted by Gasteiger charge is -2.02. The second kappa shape index (κ2) is 7.11. The van der Waals surface area contributed by atoms with E-state index in [9.17, 15) is 0 Å². The summed E-state index contributed by atoms with van der Waals surface area (Å²) < 4.78 is 0. The van der Waals surface area contributed by atoms with Gasteiger partial charge in [0.2, 0.25) is 0 Å². The van der Waals surface area contributed by atoms with Crippen LogP contribution in [0.3, 0.4) is 0 Å². The third-order valence-corrected chi connectivity index (χ3v) is 4.10. The molecule has 0 spiro atoms. The van der Waals surface area contributed by atoms with E-state index in [2.05, 4.69) is 32.8 Å². The fourth-order valence-electron chi connectivity index (χ4n) is 2.07. The maximum atomic E-state index is 4.69. The van der Waals surface area contributed by atoms with Crippen molar-refractivity contribution in [2.24, 2.45) is 0 Å². The van der Waals surface area contributed by atoms with Crippen LogP contribution in [0, 0.1) is 0 Å². The molecule has 0 saturated heterocycles. The molecule has 0 atom stereocenters. The second-order valence-corrected chi connectivity index (χ2v) is 5.62. The number of nitrogens with one attached hydrogen (secondary N) is 1. The highest BCUT2D eigenvalue weighted by molar-refractivity contribution is 7.13. The summed E-state index contributed by atoms with van der Waals surface area (Å²) in [6, 6.07) is 16.3. The minimum absolute atomic E-state index is 0.802. The zero-order valence-electron chi connectivity index (χ0n) is 11.7. The van der Waals surface area contributed by atoms with Gasteiger partial charge in [-0.3, -0.25) is 4.98 Å². The molecule has 106 valence electrons. The normalized spacial score (nSPS) is 10.7. The van der Waals surface area contributed by atoms with Crippen molar-refractivity contribution in [3.63, 3.8) is 0 Å². The zero-order chi connectivity index (χ0) is 14.3. The standard InChI is InChI=1S/C17H17N3S/c1-2-6-14(7-3-1)17-20-16(13-21-17)9-11-18-12-15-8-4-5-10-19-15/h1-8,10,13,18H,9,11-12H2. The number of nitrogens with zero attached hydrogens (tertiary/aromatic N) is 2. The molecular formula is C17H17N3S. The molecule has 3 rings (SSSR count). The van der Waals surface area contributed by atoms with Crippen molar-refractivity contribution in [2.75, 3.05) is 6.54 Å². The Morgan fingerprint density at radius 2 is 1.81 bits per heavy atom. The van der Waals surface area contributed by atoms with Crippen LogP contribution in [0.1, 0.15) is 11.4 Å². The second-order valence-electron chi connectivity index (χ2n) is 4.76. The number of hydrogen-bond acceptors (Lipinski definition) is 4. The van der Waals surface area contributed by atoms with E-state index in [4.69, 9.17) is 0 Å². The highest BCUT2D eigenvalue weighted by Crippen LogP contribution is 2.23. The summed E-state index contributed by atoms with van der Waals surface area (Å²) in [7, 11) is 0. The topological polar surface area (TPSA) is 37.8 Å². The molecule has 4 heteroatoms. The molecule has 1 N–H and O–H groups in total. The molecule has 1 aromatic carbocycles. The van der Waals surface area contributed by atoms with Crippen LogP contribution in [0.5, 0.6) is 0 Å². The Morgan fingerprint density at radius 3 is 2.62 bits per heavy atom. The number of rotatable bonds is 6. The van der Waals surface area contributed by atoms with Crippen LogP contribution in [0.25, 0.3) is 10.6 Å². The first kappa shape index (κ1) is 13.9. The first-order chi connectivity index (χ1) is 10.4. The molecule has 0 unspecified atom stereocenters. The molecule has 0 fully saturated rings. The van der Waals surface area contributed by atoms with E-state index in [0.29, 0.717) is 0 Å². The van der Waals surface area contributed by atoms with Crippen LogP contribution in [-0.2, 0) is 13.0 Å². The highest BCUT2D eigenvalue weighted by Gasteiger charge is 2.04. The predicted octanol–water partition coefficient (Wildman–Crippen LogP) is 3.54. The van der Waals surface area contributed by atoms with E-state index in [1.54, 1.807) is 11.3 Å². The number of aromatic nitrogens is 2. The minimum Gasteiger partial charge on any atom is -0.311 e. The van der Waals surface area contributed by atoms with E-state index < -0.39 is 0 Å². The molecule has 0 amide bonds. The van der Waals surface area contributed by atoms with Gasteiger partial charge >= 0.3 is 0 Å². The first-order valence-electron chi connectivity index (χ1n) is 7.02. The summed E-state index contributed by atoms with van der Waals surface area (Å²) in [5, 5.41) is 6.64. The molecule has 0 aliphatic carbocycles. The van der Waals surface area contributed by atoms with Gasteiger partial charge in [-0.1, -0.05) is 36.4 Å². The Kier molecular flexibility index (Phi) is 4.71. The van der Waals surface area contributed by atoms with Gasteiger partial charge in [0.25, 0.3) is 0 Å². The van der Waals surface area contributed by atoms with Crippen molar-refractivity contribution in [3.05, 3.63) is 71.5 Å². The van der Waals surface area contributed by atoms with Crippen molar-refractivity contribution in [2.45, 2.75) is 13.0 Å². The number of thiazole rings is 1. The van der Waals surface area contributed by atoms with Crippen molar-refractivity contribution < 1.29 is 0 Å². The summed E-state index contributed by atoms with van der Waals surface area (Å²) >= 11 is 1.71. The Bertz CT molecular complexity index is 665. The van der Waals surface area contributed by atoms with Gasteiger partial charge in [-0.05, 0) is 12.1 Å². The molecule has 0 aliphatic heterocycles. The van der Waals surface area contributed by atoms with E-state index in [1.807, 2.05) is 42.6 Å². The number of pyridine rings is 1. The van der Waals surface area contributed by atoms with Crippen molar-refractivity contribution >= 4 is 11.3 Å². The Balaban J connectivity index is 1.49. The van der Waals surface area contributed by atoms with Crippen LogP contribution in [-0.4, -0.2) is 16.5 Å². The Labute approximate surface area is 128 Å². The van der Waals surface area contributed by atoms with Crippen molar-refractivity contribution in [1.29, 1.82) is 0 Å². The summed E-state index contributed by atoms with van der Waals surface area (Å²) in [5.41, 5.74) is 3.41. The van der Waals surface area contributed by atoms with E-state index >= 15 is 0 Å². The average Bonchev–Trinajstić information content (AvgIpc) is 3.02. The summed E-state index contributed by atoms with van der Waals surface area (Å²) in [6.45, 7) is 1.71. The van der Waals surface area contributed by atoms with Gasteiger partial charge in [-0.2, -0.15) is 0 Å². The highest BCUT2D eigenvalue weighted by atomic mass is 32.1. The van der Waals surface area contributed by atoms with Gasteiger partial charge in [-0.25, -0.2) is 4.98 Å². The molecule has 0 bridgehead atoms. The van der Waals surface area contributed by atoms with Gasteiger partial charge in [0.05, 0.1) is 11.4 Å². The number of hydrogen-bond donors (Lipinski definition) is 1. The molecule has 3 aromatic rings. The van der Waals surface area contributed by atoms with Gasteiger partial charge in [-0.15, -0.1) is 11.3 Å². The fraction of sp³-hybridized carbons (Fsp3) is 0.176. The predicted molar refractivity (Wildman–Crippen MR) is 87.2 cm³/mol. The first-order valence-corrected chi connectivity index (χ1v) is 7.90. The molecule has 0 radical (unpaired) electrons. The maximum Gasteiger partial charge on any atom is 0.123 e. The smallest absolute Gasteiger partial charge is 0.123 e. The van der Waals surface area contributed by atoms with Gasteiger partial charge < -0.3 is 5.32 Å². The summed E-state index contributed by atoms with van der Waals surface area (Å²) in [6.07, 6.45) is 2.76. The van der Waals surface area contributed by atoms with E-state index in [0.717, 1.165) is 35.9 Å². The van der Waals surface area contributed by atoms with Crippen LogP contribution < -0.4 is 5.32 Å². The quantitative estimate of drug-likeness (QED) is 0.707. The summed E-state index contributed by atoms with van der Waals surface area (Å²) in [4.78, 5) is 8.98. The van der Waals surface area contributed by atoms with E-state index in [-0.39, 0.29) is 0 Å². The Hall–Kier alpha value is -2.04. The lowest BCUT2D eigenvalue weighted by atomic mass is 10.2. The van der Waals surface area contributed by atoms with Gasteiger partial charge in [0.1, 0.15) is 5.01 Å². The number of benzene rings is 1. The fourth-order valence-corrected chi connectivity index (χ4v) is 2.93. The van der Waals surface area contributed by atoms with Gasteiger partial charge in [0.15, 0.2) is 0 Å². The van der Waals surface area contributed by atoms with E-state index in [1.165, 1.54) is 5.56 Å². The molecule has 2 aromatic heterocycles. The third-order valence-electron chi connectivity index (χ3n) is 3.16. The van der Waals surface area contributed by atoms with Crippen LogP contribution in [0.4, 0.5) is 0 Å².